The van der Waals surface area contributed by atoms with Gasteiger partial charge in [0.1, 0.15) is 0 Å². The number of nitrogens with zero attached hydrogens (tertiary/aromatic N) is 2. The fourth-order valence-corrected chi connectivity index (χ4v) is 1.94. The van der Waals surface area contributed by atoms with Gasteiger partial charge in [-0.05, 0) is 21.8 Å². The van der Waals surface area contributed by atoms with Gasteiger partial charge < -0.3 is 10.5 Å². The van der Waals surface area contributed by atoms with Crippen molar-refractivity contribution in [3.8, 4) is 0 Å². The molecule has 5 heteroatoms. The van der Waals surface area contributed by atoms with Crippen LogP contribution in [0.5, 0.6) is 0 Å². The Labute approximate surface area is 98.9 Å². The first-order valence-electron chi connectivity index (χ1n) is 5.03. The molecule has 0 aliphatic heterocycles. The van der Waals surface area contributed by atoms with Crippen LogP contribution in [0.1, 0.15) is 25.6 Å². The van der Waals surface area contributed by atoms with Gasteiger partial charge in [0.2, 0.25) is 0 Å². The maximum Gasteiger partial charge on any atom is 0.0697 e. The van der Waals surface area contributed by atoms with E-state index in [0.29, 0.717) is 12.5 Å². The summed E-state index contributed by atoms with van der Waals surface area (Å²) >= 11 is 3.47. The SMILES string of the molecule is COCCn1ncc(Br)c1C(N)C(C)C. The predicted octanol–water partition coefficient (Wildman–Crippen LogP) is 1.95. The summed E-state index contributed by atoms with van der Waals surface area (Å²) in [6.07, 6.45) is 1.78. The number of rotatable bonds is 5. The van der Waals surface area contributed by atoms with Crippen LogP contribution in [0, 0.1) is 5.92 Å². The van der Waals surface area contributed by atoms with Gasteiger partial charge in [-0.2, -0.15) is 5.10 Å². The van der Waals surface area contributed by atoms with Crippen LogP contribution in [-0.4, -0.2) is 23.5 Å². The van der Waals surface area contributed by atoms with E-state index in [1.807, 2.05) is 4.68 Å². The summed E-state index contributed by atoms with van der Waals surface area (Å²) in [5, 5.41) is 4.27. The first-order valence-corrected chi connectivity index (χ1v) is 5.83. The van der Waals surface area contributed by atoms with E-state index >= 15 is 0 Å². The summed E-state index contributed by atoms with van der Waals surface area (Å²) in [4.78, 5) is 0. The summed E-state index contributed by atoms with van der Waals surface area (Å²) in [5.41, 5.74) is 7.17. The lowest BCUT2D eigenvalue weighted by molar-refractivity contribution is 0.181. The minimum Gasteiger partial charge on any atom is -0.383 e. The molecule has 2 N–H and O–H groups in total. The van der Waals surface area contributed by atoms with Crippen LogP contribution in [-0.2, 0) is 11.3 Å². The molecule has 15 heavy (non-hydrogen) atoms. The highest BCUT2D eigenvalue weighted by Gasteiger charge is 2.19. The van der Waals surface area contributed by atoms with Gasteiger partial charge >= 0.3 is 0 Å². The lowest BCUT2D eigenvalue weighted by Gasteiger charge is -2.18. The summed E-state index contributed by atoms with van der Waals surface area (Å²) in [6, 6.07) is -0.00117. The first kappa shape index (κ1) is 12.7. The zero-order valence-corrected chi connectivity index (χ0v) is 11.0. The largest absolute Gasteiger partial charge is 0.383 e. The van der Waals surface area contributed by atoms with E-state index in [4.69, 9.17) is 10.5 Å². The van der Waals surface area contributed by atoms with Gasteiger partial charge in [0.05, 0.1) is 35.6 Å². The molecule has 1 rings (SSSR count). The quantitative estimate of drug-likeness (QED) is 0.894. The highest BCUT2D eigenvalue weighted by molar-refractivity contribution is 9.10. The van der Waals surface area contributed by atoms with Crippen molar-refractivity contribution in [3.63, 3.8) is 0 Å². The van der Waals surface area contributed by atoms with Crippen molar-refractivity contribution in [3.05, 3.63) is 16.4 Å². The molecule has 4 nitrogen and oxygen atoms in total. The molecule has 1 unspecified atom stereocenters. The lowest BCUT2D eigenvalue weighted by atomic mass is 10.0. The van der Waals surface area contributed by atoms with E-state index in [-0.39, 0.29) is 6.04 Å². The molecule has 1 heterocycles. The third-order valence-corrected chi connectivity index (χ3v) is 2.99. The Morgan fingerprint density at radius 1 is 1.60 bits per heavy atom. The minimum absolute atomic E-state index is 0.00117. The molecular formula is C10H18BrN3O. The third-order valence-electron chi connectivity index (χ3n) is 2.37. The first-order chi connectivity index (χ1) is 7.07. The van der Waals surface area contributed by atoms with Crippen LogP contribution in [0.2, 0.25) is 0 Å². The lowest BCUT2D eigenvalue weighted by Crippen LogP contribution is -2.22. The Morgan fingerprint density at radius 3 is 2.80 bits per heavy atom. The van der Waals surface area contributed by atoms with E-state index in [0.717, 1.165) is 16.7 Å². The molecule has 1 atom stereocenters. The second-order valence-electron chi connectivity index (χ2n) is 3.86. The Hall–Kier alpha value is -0.390. The second-order valence-corrected chi connectivity index (χ2v) is 4.72. The molecule has 0 aromatic carbocycles. The number of hydrogen-bond acceptors (Lipinski definition) is 3. The van der Waals surface area contributed by atoms with Crippen molar-refractivity contribution in [2.45, 2.75) is 26.4 Å². The zero-order chi connectivity index (χ0) is 11.4. The Kier molecular flexibility index (Phi) is 4.76. The normalized spacial score (nSPS) is 13.5. The number of nitrogens with two attached hydrogens (primary N) is 1. The van der Waals surface area contributed by atoms with Crippen molar-refractivity contribution in [1.82, 2.24) is 9.78 Å². The van der Waals surface area contributed by atoms with Gasteiger partial charge in [-0.1, -0.05) is 13.8 Å². The molecule has 0 amide bonds. The van der Waals surface area contributed by atoms with Gasteiger partial charge in [0.15, 0.2) is 0 Å². The molecule has 1 aromatic heterocycles. The van der Waals surface area contributed by atoms with Crippen LogP contribution in [0.4, 0.5) is 0 Å². The third kappa shape index (κ3) is 3.03. The van der Waals surface area contributed by atoms with E-state index in [9.17, 15) is 0 Å². The van der Waals surface area contributed by atoms with E-state index in [1.165, 1.54) is 0 Å². The smallest absolute Gasteiger partial charge is 0.0697 e. The Bertz CT molecular complexity index is 312. The molecule has 0 radical (unpaired) electrons. The van der Waals surface area contributed by atoms with Crippen LogP contribution in [0.25, 0.3) is 0 Å². The topological polar surface area (TPSA) is 53.1 Å². The molecule has 0 saturated heterocycles. The van der Waals surface area contributed by atoms with Gasteiger partial charge in [-0.3, -0.25) is 4.68 Å². The van der Waals surface area contributed by atoms with Crippen LogP contribution >= 0.6 is 15.9 Å². The molecule has 0 bridgehead atoms. The summed E-state index contributed by atoms with van der Waals surface area (Å²) < 4.78 is 7.91. The van der Waals surface area contributed by atoms with Crippen LogP contribution in [0.3, 0.4) is 0 Å². The average molecular weight is 276 g/mol. The average Bonchev–Trinajstić information content (AvgIpc) is 2.55. The van der Waals surface area contributed by atoms with Crippen molar-refractivity contribution in [1.29, 1.82) is 0 Å². The van der Waals surface area contributed by atoms with Gasteiger partial charge in [-0.25, -0.2) is 0 Å². The zero-order valence-electron chi connectivity index (χ0n) is 9.40. The van der Waals surface area contributed by atoms with E-state index in [2.05, 4.69) is 34.9 Å². The number of ether oxygens (including phenoxy) is 1. The van der Waals surface area contributed by atoms with Crippen molar-refractivity contribution < 1.29 is 4.74 Å². The van der Waals surface area contributed by atoms with Crippen molar-refractivity contribution in [2.75, 3.05) is 13.7 Å². The van der Waals surface area contributed by atoms with E-state index in [1.54, 1.807) is 13.3 Å². The maximum atomic E-state index is 6.12. The summed E-state index contributed by atoms with van der Waals surface area (Å²) in [6.45, 7) is 5.58. The van der Waals surface area contributed by atoms with Crippen LogP contribution in [0.15, 0.2) is 10.7 Å². The highest BCUT2D eigenvalue weighted by atomic mass is 79.9. The minimum atomic E-state index is -0.00117. The fraction of sp³-hybridized carbons (Fsp3) is 0.700. The Morgan fingerprint density at radius 2 is 2.27 bits per heavy atom. The van der Waals surface area contributed by atoms with Gasteiger partial charge in [0.25, 0.3) is 0 Å². The Balaban J connectivity index is 2.88. The summed E-state index contributed by atoms with van der Waals surface area (Å²) in [5.74, 6) is 0.388. The number of methoxy groups -OCH3 is 1. The molecule has 1 aromatic rings. The molecule has 86 valence electrons. The molecular weight excluding hydrogens is 258 g/mol. The van der Waals surface area contributed by atoms with Gasteiger partial charge in [0, 0.05) is 7.11 Å². The molecule has 0 spiro atoms. The second kappa shape index (κ2) is 5.63. The summed E-state index contributed by atoms with van der Waals surface area (Å²) in [7, 11) is 1.68. The van der Waals surface area contributed by atoms with Crippen molar-refractivity contribution in [2.24, 2.45) is 11.7 Å². The highest BCUT2D eigenvalue weighted by Crippen LogP contribution is 2.26. The molecule has 0 fully saturated rings. The van der Waals surface area contributed by atoms with Crippen LogP contribution < -0.4 is 5.73 Å². The monoisotopic (exact) mass is 275 g/mol. The maximum absolute atomic E-state index is 6.12. The predicted molar refractivity (Wildman–Crippen MR) is 63.6 cm³/mol. The number of hydrogen-bond donors (Lipinski definition) is 1. The number of halogens is 1. The van der Waals surface area contributed by atoms with E-state index < -0.39 is 0 Å². The molecule has 0 saturated carbocycles. The number of aromatic nitrogens is 2. The standard InChI is InChI=1S/C10H18BrN3O/c1-7(2)9(12)10-8(11)6-13-14(10)4-5-15-3/h6-7,9H,4-5,12H2,1-3H3. The molecule has 0 aliphatic carbocycles. The molecule has 0 aliphatic rings. The van der Waals surface area contributed by atoms with Crippen molar-refractivity contribution >= 4 is 15.9 Å². The fourth-order valence-electron chi connectivity index (χ4n) is 1.37. The van der Waals surface area contributed by atoms with Gasteiger partial charge in [-0.15, -0.1) is 0 Å².